The first-order valence-corrected chi connectivity index (χ1v) is 5.64. The Morgan fingerprint density at radius 3 is 3.00 bits per heavy atom. The molecule has 0 N–H and O–H groups in total. The summed E-state index contributed by atoms with van der Waals surface area (Å²) >= 11 is 0. The number of anilines is 1. The summed E-state index contributed by atoms with van der Waals surface area (Å²) < 4.78 is 5.22. The van der Waals surface area contributed by atoms with Crippen LogP contribution in [0.2, 0.25) is 0 Å². The van der Waals surface area contributed by atoms with Crippen LogP contribution in [0.1, 0.15) is 25.3 Å². The molecule has 1 atom stereocenters. The molecule has 84 valence electrons. The van der Waals surface area contributed by atoms with Gasteiger partial charge in [-0.2, -0.15) is 0 Å². The summed E-state index contributed by atoms with van der Waals surface area (Å²) in [6.45, 7) is 2.17. The van der Waals surface area contributed by atoms with Crippen molar-refractivity contribution < 1.29 is 9.53 Å². The lowest BCUT2D eigenvalue weighted by atomic mass is 9.95. The van der Waals surface area contributed by atoms with Gasteiger partial charge in [-0.1, -0.05) is 6.07 Å². The molecule has 16 heavy (non-hydrogen) atoms. The Kier molecular flexibility index (Phi) is 1.82. The molecule has 0 radical (unpaired) electrons. The van der Waals surface area contributed by atoms with E-state index in [1.807, 2.05) is 17.0 Å². The summed E-state index contributed by atoms with van der Waals surface area (Å²) in [6.07, 6.45) is 2.61. The summed E-state index contributed by atoms with van der Waals surface area (Å²) in [6, 6.07) is 6.02. The van der Waals surface area contributed by atoms with Crippen molar-refractivity contribution in [2.24, 2.45) is 0 Å². The van der Waals surface area contributed by atoms with Gasteiger partial charge in [-0.3, -0.25) is 4.79 Å². The smallest absolute Gasteiger partial charge is 0.227 e. The van der Waals surface area contributed by atoms with Crippen molar-refractivity contribution in [3.63, 3.8) is 0 Å². The minimum atomic E-state index is 0.00574. The lowest BCUT2D eigenvalue weighted by Gasteiger charge is -2.27. The molecule has 0 aromatic heterocycles. The Balaban J connectivity index is 2.12. The molecule has 1 saturated heterocycles. The van der Waals surface area contributed by atoms with Gasteiger partial charge >= 0.3 is 0 Å². The van der Waals surface area contributed by atoms with Crippen molar-refractivity contribution in [1.82, 2.24) is 0 Å². The van der Waals surface area contributed by atoms with Gasteiger partial charge in [-0.15, -0.1) is 0 Å². The maximum atomic E-state index is 11.9. The molecule has 0 aliphatic carbocycles. The number of hydrogen-bond acceptors (Lipinski definition) is 2. The molecule has 1 aromatic rings. The lowest BCUT2D eigenvalue weighted by molar-refractivity contribution is -0.117. The standard InChI is InChI=1S/C13H15NO2/c1-13-6-5-12(15)14(13)11-7-10(16-2)4-3-9(11)8-13/h3-4,7H,5-6,8H2,1-2H3. The number of fused-ring (bicyclic) bond motifs is 3. The largest absolute Gasteiger partial charge is 0.497 e. The molecule has 1 amide bonds. The highest BCUT2D eigenvalue weighted by atomic mass is 16.5. The van der Waals surface area contributed by atoms with Crippen LogP contribution in [0.3, 0.4) is 0 Å². The molecular formula is C13H15NO2. The SMILES string of the molecule is COc1ccc2c(c1)N1C(=O)CCC1(C)C2. The number of hydrogen-bond donors (Lipinski definition) is 0. The zero-order valence-corrected chi connectivity index (χ0v) is 9.62. The number of ether oxygens (including phenoxy) is 1. The van der Waals surface area contributed by atoms with Crippen molar-refractivity contribution in [1.29, 1.82) is 0 Å². The molecular weight excluding hydrogens is 202 g/mol. The molecule has 0 saturated carbocycles. The first-order valence-electron chi connectivity index (χ1n) is 5.64. The van der Waals surface area contributed by atoms with E-state index >= 15 is 0 Å². The van der Waals surface area contributed by atoms with Gasteiger partial charge in [-0.05, 0) is 31.4 Å². The van der Waals surface area contributed by atoms with E-state index in [2.05, 4.69) is 13.0 Å². The van der Waals surface area contributed by atoms with E-state index in [1.54, 1.807) is 7.11 Å². The summed E-state index contributed by atoms with van der Waals surface area (Å²) in [5.41, 5.74) is 2.31. The Morgan fingerprint density at radius 2 is 2.25 bits per heavy atom. The van der Waals surface area contributed by atoms with Crippen LogP contribution in [-0.4, -0.2) is 18.6 Å². The molecule has 2 aliphatic rings. The van der Waals surface area contributed by atoms with E-state index < -0.39 is 0 Å². The Labute approximate surface area is 95.0 Å². The van der Waals surface area contributed by atoms with E-state index in [1.165, 1.54) is 5.56 Å². The van der Waals surface area contributed by atoms with Crippen LogP contribution in [0.4, 0.5) is 5.69 Å². The number of amides is 1. The van der Waals surface area contributed by atoms with Crippen LogP contribution in [0.5, 0.6) is 5.75 Å². The van der Waals surface area contributed by atoms with E-state index in [0.29, 0.717) is 6.42 Å². The van der Waals surface area contributed by atoms with Crippen molar-refractivity contribution in [3.05, 3.63) is 23.8 Å². The molecule has 0 bridgehead atoms. The van der Waals surface area contributed by atoms with Gasteiger partial charge in [0, 0.05) is 18.0 Å². The minimum Gasteiger partial charge on any atom is -0.497 e. The second-order valence-electron chi connectivity index (χ2n) is 4.90. The highest BCUT2D eigenvalue weighted by Gasteiger charge is 2.47. The average molecular weight is 217 g/mol. The molecule has 3 heteroatoms. The summed E-state index contributed by atoms with van der Waals surface area (Å²) in [4.78, 5) is 13.9. The van der Waals surface area contributed by atoms with Crippen LogP contribution < -0.4 is 9.64 Å². The number of benzene rings is 1. The van der Waals surface area contributed by atoms with Crippen molar-refractivity contribution >= 4 is 11.6 Å². The number of carbonyl (C=O) groups excluding carboxylic acids is 1. The summed E-state index contributed by atoms with van der Waals surface area (Å²) in [5.74, 6) is 1.07. The zero-order valence-electron chi connectivity index (χ0n) is 9.62. The van der Waals surface area contributed by atoms with Crippen LogP contribution in [0.15, 0.2) is 18.2 Å². The number of methoxy groups -OCH3 is 1. The quantitative estimate of drug-likeness (QED) is 0.721. The third-order valence-corrected chi connectivity index (χ3v) is 3.77. The van der Waals surface area contributed by atoms with Gasteiger partial charge in [0.2, 0.25) is 5.91 Å². The van der Waals surface area contributed by atoms with Crippen LogP contribution in [-0.2, 0) is 11.2 Å². The van der Waals surface area contributed by atoms with Gasteiger partial charge in [0.05, 0.1) is 12.8 Å². The maximum Gasteiger partial charge on any atom is 0.227 e. The highest BCUT2D eigenvalue weighted by molar-refractivity contribution is 6.00. The van der Waals surface area contributed by atoms with Gasteiger partial charge in [-0.25, -0.2) is 0 Å². The van der Waals surface area contributed by atoms with Gasteiger partial charge < -0.3 is 9.64 Å². The number of carbonyl (C=O) groups is 1. The van der Waals surface area contributed by atoms with E-state index in [4.69, 9.17) is 4.74 Å². The second-order valence-corrected chi connectivity index (χ2v) is 4.90. The fraction of sp³-hybridized carbons (Fsp3) is 0.462. The van der Waals surface area contributed by atoms with Crippen molar-refractivity contribution in [2.75, 3.05) is 12.0 Å². The average Bonchev–Trinajstić information content (AvgIpc) is 2.72. The topological polar surface area (TPSA) is 29.5 Å². The van der Waals surface area contributed by atoms with Crippen molar-refractivity contribution in [2.45, 2.75) is 31.7 Å². The predicted octanol–water partition coefficient (Wildman–Crippen LogP) is 2.14. The Hall–Kier alpha value is -1.51. The third-order valence-electron chi connectivity index (χ3n) is 3.77. The van der Waals surface area contributed by atoms with E-state index in [9.17, 15) is 4.79 Å². The third kappa shape index (κ3) is 1.11. The Morgan fingerprint density at radius 1 is 1.44 bits per heavy atom. The van der Waals surface area contributed by atoms with E-state index in [-0.39, 0.29) is 11.4 Å². The van der Waals surface area contributed by atoms with Crippen LogP contribution in [0.25, 0.3) is 0 Å². The number of nitrogens with zero attached hydrogens (tertiary/aromatic N) is 1. The molecule has 1 aromatic carbocycles. The lowest BCUT2D eigenvalue weighted by Crippen LogP contribution is -2.40. The zero-order chi connectivity index (χ0) is 11.3. The van der Waals surface area contributed by atoms with Crippen LogP contribution >= 0.6 is 0 Å². The second kappa shape index (κ2) is 3.00. The predicted molar refractivity (Wildman–Crippen MR) is 61.8 cm³/mol. The van der Waals surface area contributed by atoms with Gasteiger partial charge in [0.25, 0.3) is 0 Å². The minimum absolute atomic E-state index is 0.00574. The van der Waals surface area contributed by atoms with Gasteiger partial charge in [0.15, 0.2) is 0 Å². The fourth-order valence-electron chi connectivity index (χ4n) is 2.93. The highest BCUT2D eigenvalue weighted by Crippen LogP contribution is 2.46. The molecule has 2 heterocycles. The molecule has 0 spiro atoms. The first kappa shape index (κ1) is 9.70. The van der Waals surface area contributed by atoms with Crippen LogP contribution in [0, 0.1) is 0 Å². The number of rotatable bonds is 1. The van der Waals surface area contributed by atoms with E-state index in [0.717, 1.165) is 24.3 Å². The first-order chi connectivity index (χ1) is 7.64. The Bertz CT molecular complexity index is 469. The van der Waals surface area contributed by atoms with Crippen molar-refractivity contribution in [3.8, 4) is 5.75 Å². The summed E-state index contributed by atoms with van der Waals surface area (Å²) in [7, 11) is 1.65. The molecule has 3 nitrogen and oxygen atoms in total. The molecule has 3 rings (SSSR count). The van der Waals surface area contributed by atoms with Gasteiger partial charge in [0.1, 0.15) is 5.75 Å². The normalized spacial score (nSPS) is 26.9. The monoisotopic (exact) mass is 217 g/mol. The maximum absolute atomic E-state index is 11.9. The molecule has 1 unspecified atom stereocenters. The molecule has 1 fully saturated rings. The molecule has 2 aliphatic heterocycles. The summed E-state index contributed by atoms with van der Waals surface area (Å²) in [5, 5.41) is 0. The fourth-order valence-corrected chi connectivity index (χ4v) is 2.93.